The Morgan fingerprint density at radius 1 is 1.17 bits per heavy atom. The number of rotatable bonds is 3. The van der Waals surface area contributed by atoms with Gasteiger partial charge in [0.15, 0.2) is 5.84 Å². The van der Waals surface area contributed by atoms with Crippen LogP contribution in [0.1, 0.15) is 37.7 Å². The zero-order valence-corrected chi connectivity index (χ0v) is 13.8. The van der Waals surface area contributed by atoms with E-state index >= 15 is 0 Å². The molecule has 6 heteroatoms. The van der Waals surface area contributed by atoms with Crippen molar-refractivity contribution in [3.8, 4) is 5.88 Å². The van der Waals surface area contributed by atoms with E-state index < -0.39 is 0 Å². The molecule has 1 fully saturated rings. The summed E-state index contributed by atoms with van der Waals surface area (Å²) in [6, 6.07) is 3.98. The van der Waals surface area contributed by atoms with Crippen molar-refractivity contribution in [2.45, 2.75) is 38.2 Å². The van der Waals surface area contributed by atoms with Gasteiger partial charge in [0.1, 0.15) is 11.8 Å². The highest BCUT2D eigenvalue weighted by Gasteiger charge is 2.23. The van der Waals surface area contributed by atoms with Crippen LogP contribution in [0, 0.1) is 0 Å². The number of aromatic nitrogens is 1. The molecule has 3 aliphatic rings. The summed E-state index contributed by atoms with van der Waals surface area (Å²) in [7, 11) is 0. The van der Waals surface area contributed by atoms with Crippen molar-refractivity contribution in [1.29, 1.82) is 0 Å². The van der Waals surface area contributed by atoms with Gasteiger partial charge in [0.05, 0.1) is 0 Å². The Morgan fingerprint density at radius 2 is 2.09 bits per heavy atom. The number of pyridine rings is 1. The first-order valence-corrected chi connectivity index (χ1v) is 9.19. The van der Waals surface area contributed by atoms with E-state index in [1.165, 1.54) is 19.3 Å². The molecule has 3 heterocycles. The lowest BCUT2D eigenvalue weighted by Crippen LogP contribution is -2.38. The minimum absolute atomic E-state index is 0.326. The van der Waals surface area contributed by atoms with Crippen molar-refractivity contribution >= 4 is 23.5 Å². The maximum atomic E-state index is 5.99. The van der Waals surface area contributed by atoms with Crippen LogP contribution in [0.4, 0.5) is 0 Å². The Balaban J connectivity index is 1.50. The first kappa shape index (κ1) is 14.8. The highest BCUT2D eigenvalue weighted by Crippen LogP contribution is 2.23. The summed E-state index contributed by atoms with van der Waals surface area (Å²) < 4.78 is 10.5. The fraction of sp³-hybridized carbons (Fsp3) is 0.471. The molecule has 1 aromatic rings. The minimum atomic E-state index is 0.326. The number of aliphatic imine (C=N–C) groups is 1. The Morgan fingerprint density at radius 3 is 2.91 bits per heavy atom. The van der Waals surface area contributed by atoms with Crippen LogP contribution in [-0.4, -0.2) is 39.8 Å². The molecule has 120 valence electrons. The van der Waals surface area contributed by atoms with Gasteiger partial charge in [-0.2, -0.15) is 4.40 Å². The third-order valence-electron chi connectivity index (χ3n) is 4.36. The van der Waals surface area contributed by atoms with Gasteiger partial charge in [-0.25, -0.2) is 4.98 Å². The van der Waals surface area contributed by atoms with Crippen LogP contribution in [0.25, 0.3) is 0 Å². The topological polar surface area (TPSA) is 50.1 Å². The summed E-state index contributed by atoms with van der Waals surface area (Å²) in [5, 5.41) is 0. The Hall–Kier alpha value is -1.82. The van der Waals surface area contributed by atoms with Gasteiger partial charge in [0.2, 0.25) is 5.88 Å². The minimum Gasteiger partial charge on any atom is -0.474 e. The molecule has 0 amide bonds. The lowest BCUT2D eigenvalue weighted by atomic mass is 9.98. The lowest BCUT2D eigenvalue weighted by molar-refractivity contribution is 0.148. The Bertz CT molecular complexity index is 647. The summed E-state index contributed by atoms with van der Waals surface area (Å²) >= 11 is 1.59. The van der Waals surface area contributed by atoms with Crippen molar-refractivity contribution in [3.63, 3.8) is 0 Å². The number of ether oxygens (including phenoxy) is 1. The zero-order chi connectivity index (χ0) is 15.5. The van der Waals surface area contributed by atoms with E-state index in [0.717, 1.165) is 42.3 Å². The highest BCUT2D eigenvalue weighted by molar-refractivity contribution is 7.98. The van der Waals surface area contributed by atoms with E-state index in [2.05, 4.69) is 19.3 Å². The summed E-state index contributed by atoms with van der Waals surface area (Å²) in [4.78, 5) is 11.1. The average Bonchev–Trinajstić information content (AvgIpc) is 2.63. The van der Waals surface area contributed by atoms with Crippen molar-refractivity contribution in [2.24, 2.45) is 9.39 Å². The van der Waals surface area contributed by atoms with Gasteiger partial charge in [-0.1, -0.05) is 6.42 Å². The van der Waals surface area contributed by atoms with Gasteiger partial charge < -0.3 is 9.64 Å². The highest BCUT2D eigenvalue weighted by atomic mass is 32.2. The average molecular weight is 328 g/mol. The van der Waals surface area contributed by atoms with Crippen molar-refractivity contribution in [2.75, 3.05) is 12.3 Å². The molecular formula is C17H20N4OS. The van der Waals surface area contributed by atoms with Crippen LogP contribution in [0.15, 0.2) is 40.1 Å². The van der Waals surface area contributed by atoms with E-state index in [1.807, 2.05) is 30.7 Å². The molecule has 0 atom stereocenters. The van der Waals surface area contributed by atoms with Gasteiger partial charge in [0, 0.05) is 42.5 Å². The first-order valence-electron chi connectivity index (χ1n) is 8.25. The number of hydrogen-bond donors (Lipinski definition) is 0. The number of fused-ring (bicyclic) bond motifs is 1. The lowest BCUT2D eigenvalue weighted by Gasteiger charge is -2.28. The van der Waals surface area contributed by atoms with Gasteiger partial charge in [-0.05, 0) is 43.7 Å². The maximum absolute atomic E-state index is 5.99. The molecule has 0 saturated heterocycles. The van der Waals surface area contributed by atoms with Crippen molar-refractivity contribution in [3.05, 3.63) is 36.3 Å². The van der Waals surface area contributed by atoms with E-state index in [9.17, 15) is 0 Å². The van der Waals surface area contributed by atoms with Crippen LogP contribution >= 0.6 is 11.9 Å². The van der Waals surface area contributed by atoms with E-state index in [1.54, 1.807) is 11.9 Å². The summed E-state index contributed by atoms with van der Waals surface area (Å²) in [6.45, 7) is 0.968. The van der Waals surface area contributed by atoms with Gasteiger partial charge >= 0.3 is 0 Å². The monoisotopic (exact) mass is 328 g/mol. The molecule has 0 bridgehead atoms. The molecule has 1 saturated carbocycles. The van der Waals surface area contributed by atoms with Crippen LogP contribution in [0.2, 0.25) is 0 Å². The second-order valence-electron chi connectivity index (χ2n) is 5.98. The van der Waals surface area contributed by atoms with Crippen LogP contribution < -0.4 is 4.74 Å². The predicted molar refractivity (Wildman–Crippen MR) is 94.0 cm³/mol. The van der Waals surface area contributed by atoms with Crippen molar-refractivity contribution < 1.29 is 4.74 Å². The largest absolute Gasteiger partial charge is 0.474 e. The van der Waals surface area contributed by atoms with E-state index in [-0.39, 0.29) is 0 Å². The molecule has 23 heavy (non-hydrogen) atoms. The molecule has 4 rings (SSSR count). The van der Waals surface area contributed by atoms with E-state index in [4.69, 9.17) is 4.74 Å². The second kappa shape index (κ2) is 6.74. The van der Waals surface area contributed by atoms with Crippen molar-refractivity contribution in [1.82, 2.24) is 9.88 Å². The van der Waals surface area contributed by atoms with Gasteiger partial charge in [0.25, 0.3) is 0 Å². The molecule has 0 radical (unpaired) electrons. The fourth-order valence-electron chi connectivity index (χ4n) is 3.12. The second-order valence-corrected chi connectivity index (χ2v) is 6.83. The molecule has 1 aromatic heterocycles. The van der Waals surface area contributed by atoms with Crippen LogP contribution in [-0.2, 0) is 0 Å². The van der Waals surface area contributed by atoms with Crippen LogP contribution in [0.5, 0.6) is 5.88 Å². The Kier molecular flexibility index (Phi) is 4.33. The standard InChI is InChI=1S/C17H20N4OS/c1-2-4-14(5-3-1)22-15-7-6-13(12-19-15)16-17-20-23-11-10-21(17)9-8-18-16/h6-9,12,14H,1-5,10-11H2. The van der Waals surface area contributed by atoms with Crippen LogP contribution in [0.3, 0.4) is 0 Å². The van der Waals surface area contributed by atoms with Gasteiger partial charge in [-0.15, -0.1) is 0 Å². The molecule has 0 unspecified atom stereocenters. The first-order chi connectivity index (χ1) is 11.4. The molecule has 0 spiro atoms. The molecule has 1 aliphatic carbocycles. The molecule has 0 aromatic carbocycles. The summed E-state index contributed by atoms with van der Waals surface area (Å²) in [6.07, 6.45) is 12.1. The number of amidine groups is 1. The molecule has 0 N–H and O–H groups in total. The molecule has 2 aliphatic heterocycles. The number of hydrogen-bond acceptors (Lipinski definition) is 6. The SMILES string of the molecule is C1=CN2CCSN=C2C(c2ccc(OC3CCCCC3)nc2)=N1. The zero-order valence-electron chi connectivity index (χ0n) is 13.0. The molecular weight excluding hydrogens is 308 g/mol. The smallest absolute Gasteiger partial charge is 0.213 e. The summed E-state index contributed by atoms with van der Waals surface area (Å²) in [5.74, 6) is 2.64. The maximum Gasteiger partial charge on any atom is 0.213 e. The predicted octanol–water partition coefficient (Wildman–Crippen LogP) is 3.43. The third-order valence-corrected chi connectivity index (χ3v) is 5.03. The third kappa shape index (κ3) is 3.27. The quantitative estimate of drug-likeness (QED) is 0.798. The molecule has 5 nitrogen and oxygen atoms in total. The normalized spacial score (nSPS) is 21.5. The van der Waals surface area contributed by atoms with E-state index in [0.29, 0.717) is 12.0 Å². The van der Waals surface area contributed by atoms with Gasteiger partial charge in [-0.3, -0.25) is 4.99 Å². The summed E-state index contributed by atoms with van der Waals surface area (Å²) in [5.41, 5.74) is 1.87. The fourth-order valence-corrected chi connectivity index (χ4v) is 3.81. The Labute approximate surface area is 140 Å². The number of nitrogens with zero attached hydrogens (tertiary/aromatic N) is 4.